The van der Waals surface area contributed by atoms with E-state index in [4.69, 9.17) is 5.73 Å². The molecule has 0 aromatic heterocycles. The van der Waals surface area contributed by atoms with E-state index in [1.54, 1.807) is 24.0 Å². The maximum atomic E-state index is 13.0. The molecule has 2 rings (SSSR count). The van der Waals surface area contributed by atoms with Gasteiger partial charge in [0, 0.05) is 13.1 Å². The Bertz CT molecular complexity index is 417. The molecular weight excluding hydrogens is 207 g/mol. The molecule has 4 heteroatoms. The molecule has 0 radical (unpaired) electrons. The normalized spacial score (nSPS) is 16.8. The highest BCUT2D eigenvalue weighted by Crippen LogP contribution is 2.20. The molecule has 0 spiro atoms. The van der Waals surface area contributed by atoms with Crippen LogP contribution in [0.5, 0.6) is 0 Å². The minimum atomic E-state index is -0.470. The average Bonchev–Trinajstić information content (AvgIpc) is 2.27. The van der Waals surface area contributed by atoms with E-state index in [2.05, 4.69) is 0 Å². The highest BCUT2D eigenvalue weighted by atomic mass is 19.1. The Morgan fingerprint density at radius 3 is 2.94 bits per heavy atom. The molecule has 1 heterocycles. The summed E-state index contributed by atoms with van der Waals surface area (Å²) in [6, 6.07) is 4.24. The zero-order valence-electron chi connectivity index (χ0n) is 9.24. The van der Waals surface area contributed by atoms with E-state index in [1.165, 1.54) is 6.07 Å². The zero-order valence-corrected chi connectivity index (χ0v) is 9.24. The van der Waals surface area contributed by atoms with Crippen LogP contribution in [0.1, 0.15) is 18.1 Å². The lowest BCUT2D eigenvalue weighted by Crippen LogP contribution is -2.44. The third kappa shape index (κ3) is 2.07. The van der Waals surface area contributed by atoms with E-state index in [0.717, 1.165) is 11.1 Å². The van der Waals surface area contributed by atoms with Crippen molar-refractivity contribution in [1.29, 1.82) is 0 Å². The molecule has 1 unspecified atom stereocenters. The number of nitrogens with zero attached hydrogens (tertiary/aromatic N) is 1. The van der Waals surface area contributed by atoms with Crippen molar-refractivity contribution in [2.45, 2.75) is 25.9 Å². The predicted octanol–water partition coefficient (Wildman–Crippen LogP) is 1.06. The van der Waals surface area contributed by atoms with Gasteiger partial charge in [-0.1, -0.05) is 6.07 Å². The lowest BCUT2D eigenvalue weighted by molar-refractivity contribution is -0.133. The van der Waals surface area contributed by atoms with Crippen LogP contribution in [0.15, 0.2) is 18.2 Å². The van der Waals surface area contributed by atoms with Crippen LogP contribution in [0.4, 0.5) is 4.39 Å². The van der Waals surface area contributed by atoms with Crippen LogP contribution in [-0.2, 0) is 17.8 Å². The Kier molecular flexibility index (Phi) is 2.92. The van der Waals surface area contributed by atoms with Gasteiger partial charge in [-0.05, 0) is 36.6 Å². The summed E-state index contributed by atoms with van der Waals surface area (Å²) in [6.45, 7) is 2.84. The second-order valence-corrected chi connectivity index (χ2v) is 4.21. The summed E-state index contributed by atoms with van der Waals surface area (Å²) >= 11 is 0. The van der Waals surface area contributed by atoms with Gasteiger partial charge in [-0.2, -0.15) is 0 Å². The lowest BCUT2D eigenvalue weighted by atomic mass is 9.99. The quantitative estimate of drug-likeness (QED) is 0.772. The monoisotopic (exact) mass is 222 g/mol. The van der Waals surface area contributed by atoms with Crippen LogP contribution < -0.4 is 5.73 Å². The molecule has 1 aliphatic heterocycles. The Morgan fingerprint density at radius 1 is 1.50 bits per heavy atom. The molecule has 1 aliphatic rings. The first kappa shape index (κ1) is 11.1. The van der Waals surface area contributed by atoms with Crippen LogP contribution in [-0.4, -0.2) is 23.4 Å². The van der Waals surface area contributed by atoms with Crippen molar-refractivity contribution in [2.75, 3.05) is 6.54 Å². The molecule has 0 bridgehead atoms. The maximum Gasteiger partial charge on any atom is 0.239 e. The number of carbonyl (C=O) groups excluding carboxylic acids is 1. The van der Waals surface area contributed by atoms with E-state index in [0.29, 0.717) is 19.5 Å². The smallest absolute Gasteiger partial charge is 0.239 e. The molecular formula is C12H15FN2O. The molecule has 1 amide bonds. The first-order valence-corrected chi connectivity index (χ1v) is 5.39. The first-order valence-electron chi connectivity index (χ1n) is 5.39. The standard InChI is InChI=1S/C12H15FN2O/c1-8(14)12(16)15-5-4-9-6-11(13)3-2-10(9)7-15/h2-3,6,8H,4-5,7,14H2,1H3. The Hall–Kier alpha value is -1.42. The molecule has 3 nitrogen and oxygen atoms in total. The van der Waals surface area contributed by atoms with Crippen LogP contribution >= 0.6 is 0 Å². The zero-order chi connectivity index (χ0) is 11.7. The largest absolute Gasteiger partial charge is 0.337 e. The van der Waals surface area contributed by atoms with E-state index in [-0.39, 0.29) is 11.7 Å². The fourth-order valence-electron chi connectivity index (χ4n) is 2.00. The van der Waals surface area contributed by atoms with Gasteiger partial charge in [0.1, 0.15) is 5.82 Å². The van der Waals surface area contributed by atoms with Crippen molar-refractivity contribution in [3.8, 4) is 0 Å². The van der Waals surface area contributed by atoms with Crippen LogP contribution in [0.2, 0.25) is 0 Å². The second kappa shape index (κ2) is 4.22. The maximum absolute atomic E-state index is 13.0. The summed E-state index contributed by atoms with van der Waals surface area (Å²) in [7, 11) is 0. The number of amides is 1. The highest BCUT2D eigenvalue weighted by Gasteiger charge is 2.22. The molecule has 2 N–H and O–H groups in total. The average molecular weight is 222 g/mol. The van der Waals surface area contributed by atoms with Crippen LogP contribution in [0, 0.1) is 5.82 Å². The SMILES string of the molecule is CC(N)C(=O)N1CCc2cc(F)ccc2C1. The second-order valence-electron chi connectivity index (χ2n) is 4.21. The van der Waals surface area contributed by atoms with Gasteiger partial charge in [0.05, 0.1) is 6.04 Å². The molecule has 1 atom stereocenters. The Morgan fingerprint density at radius 2 is 2.25 bits per heavy atom. The summed E-state index contributed by atoms with van der Waals surface area (Å²) < 4.78 is 13.0. The minimum absolute atomic E-state index is 0.0463. The van der Waals surface area contributed by atoms with Gasteiger partial charge in [-0.25, -0.2) is 4.39 Å². The third-order valence-electron chi connectivity index (χ3n) is 2.88. The van der Waals surface area contributed by atoms with Gasteiger partial charge in [-0.15, -0.1) is 0 Å². The van der Waals surface area contributed by atoms with E-state index in [1.807, 2.05) is 0 Å². The number of hydrogen-bond acceptors (Lipinski definition) is 2. The number of carbonyl (C=O) groups is 1. The van der Waals surface area contributed by atoms with E-state index < -0.39 is 6.04 Å². The van der Waals surface area contributed by atoms with Crippen molar-refractivity contribution >= 4 is 5.91 Å². The summed E-state index contributed by atoms with van der Waals surface area (Å²) in [5, 5.41) is 0. The molecule has 86 valence electrons. The fourth-order valence-corrected chi connectivity index (χ4v) is 2.00. The van der Waals surface area contributed by atoms with Crippen molar-refractivity contribution < 1.29 is 9.18 Å². The van der Waals surface area contributed by atoms with Gasteiger partial charge in [0.2, 0.25) is 5.91 Å². The molecule has 1 aromatic carbocycles. The number of halogens is 1. The van der Waals surface area contributed by atoms with Gasteiger partial charge >= 0.3 is 0 Å². The molecule has 16 heavy (non-hydrogen) atoms. The number of hydrogen-bond donors (Lipinski definition) is 1. The van der Waals surface area contributed by atoms with E-state index in [9.17, 15) is 9.18 Å². The number of fused-ring (bicyclic) bond motifs is 1. The fraction of sp³-hybridized carbons (Fsp3) is 0.417. The van der Waals surface area contributed by atoms with Crippen LogP contribution in [0.25, 0.3) is 0 Å². The summed E-state index contributed by atoms with van der Waals surface area (Å²) in [4.78, 5) is 13.4. The van der Waals surface area contributed by atoms with Gasteiger partial charge < -0.3 is 10.6 Å². The molecule has 0 aliphatic carbocycles. The Balaban J connectivity index is 2.18. The topological polar surface area (TPSA) is 46.3 Å². The van der Waals surface area contributed by atoms with Crippen molar-refractivity contribution in [3.05, 3.63) is 35.1 Å². The number of benzene rings is 1. The van der Waals surface area contributed by atoms with E-state index >= 15 is 0 Å². The minimum Gasteiger partial charge on any atom is -0.337 e. The Labute approximate surface area is 94.0 Å². The van der Waals surface area contributed by atoms with Gasteiger partial charge in [0.15, 0.2) is 0 Å². The van der Waals surface area contributed by atoms with Crippen molar-refractivity contribution in [1.82, 2.24) is 4.90 Å². The number of nitrogens with two attached hydrogens (primary N) is 1. The molecule has 1 aromatic rings. The third-order valence-corrected chi connectivity index (χ3v) is 2.88. The summed E-state index contributed by atoms with van der Waals surface area (Å²) in [5.74, 6) is -0.263. The highest BCUT2D eigenvalue weighted by molar-refractivity contribution is 5.81. The van der Waals surface area contributed by atoms with Gasteiger partial charge in [0.25, 0.3) is 0 Å². The van der Waals surface area contributed by atoms with Crippen molar-refractivity contribution in [3.63, 3.8) is 0 Å². The first-order chi connectivity index (χ1) is 7.58. The molecule has 0 fully saturated rings. The molecule has 0 saturated heterocycles. The molecule has 0 saturated carbocycles. The van der Waals surface area contributed by atoms with Crippen molar-refractivity contribution in [2.24, 2.45) is 5.73 Å². The summed E-state index contributed by atoms with van der Waals surface area (Å²) in [6.07, 6.45) is 0.700. The summed E-state index contributed by atoms with van der Waals surface area (Å²) in [5.41, 5.74) is 7.57. The number of rotatable bonds is 1. The predicted molar refractivity (Wildman–Crippen MR) is 59.2 cm³/mol. The van der Waals surface area contributed by atoms with Crippen LogP contribution in [0.3, 0.4) is 0 Å². The lowest BCUT2D eigenvalue weighted by Gasteiger charge is -2.30. The van der Waals surface area contributed by atoms with Gasteiger partial charge in [-0.3, -0.25) is 4.79 Å².